The van der Waals surface area contributed by atoms with E-state index in [1.165, 1.54) is 6.07 Å². The van der Waals surface area contributed by atoms with Crippen molar-refractivity contribution in [1.82, 2.24) is 14.9 Å². The third kappa shape index (κ3) is 3.62. The van der Waals surface area contributed by atoms with Crippen LogP contribution in [0.2, 0.25) is 0 Å². The molecule has 0 radical (unpaired) electrons. The van der Waals surface area contributed by atoms with E-state index in [0.29, 0.717) is 0 Å². The third-order valence-electron chi connectivity index (χ3n) is 5.09. The van der Waals surface area contributed by atoms with E-state index in [2.05, 4.69) is 10.3 Å². The molecule has 1 aliphatic rings. The molecule has 0 saturated carbocycles. The van der Waals surface area contributed by atoms with Gasteiger partial charge in [0.2, 0.25) is 0 Å². The maximum Gasteiger partial charge on any atom is 0.418 e. The summed E-state index contributed by atoms with van der Waals surface area (Å²) in [6.45, 7) is 1.75. The second-order valence-corrected chi connectivity index (χ2v) is 6.80. The summed E-state index contributed by atoms with van der Waals surface area (Å²) in [5.41, 5.74) is 2.35. The molecule has 1 aromatic carbocycles. The lowest BCUT2D eigenvalue weighted by Gasteiger charge is -2.25. The van der Waals surface area contributed by atoms with Crippen molar-refractivity contribution in [2.45, 2.75) is 24.9 Å². The van der Waals surface area contributed by atoms with Gasteiger partial charge in [-0.2, -0.15) is 13.2 Å². The molecule has 0 amide bonds. The van der Waals surface area contributed by atoms with Crippen molar-refractivity contribution in [2.75, 3.05) is 13.1 Å². The fourth-order valence-electron chi connectivity index (χ4n) is 3.75. The number of hydrogen-bond acceptors (Lipinski definition) is 2. The maximum absolute atomic E-state index is 13.6. The van der Waals surface area contributed by atoms with Crippen LogP contribution in [0.4, 0.5) is 13.2 Å². The largest absolute Gasteiger partial charge is 0.418 e. The smallest absolute Gasteiger partial charge is 0.319 e. The number of halogens is 3. The summed E-state index contributed by atoms with van der Waals surface area (Å²) in [7, 11) is 0. The molecule has 0 atom stereocenters. The van der Waals surface area contributed by atoms with Crippen LogP contribution in [0.3, 0.4) is 0 Å². The van der Waals surface area contributed by atoms with Gasteiger partial charge < -0.3 is 9.88 Å². The van der Waals surface area contributed by atoms with E-state index in [9.17, 15) is 13.2 Å². The minimum Gasteiger partial charge on any atom is -0.319 e. The summed E-state index contributed by atoms with van der Waals surface area (Å²) in [5, 5.41) is 3.32. The van der Waals surface area contributed by atoms with Crippen LogP contribution in [-0.2, 0) is 6.18 Å². The summed E-state index contributed by atoms with van der Waals surface area (Å²) in [5.74, 6) is 0.225. The number of nitrogens with one attached hydrogen (secondary N) is 1. The highest BCUT2D eigenvalue weighted by atomic mass is 19.4. The van der Waals surface area contributed by atoms with Gasteiger partial charge in [0.15, 0.2) is 0 Å². The Morgan fingerprint density at radius 1 is 0.963 bits per heavy atom. The Morgan fingerprint density at radius 3 is 2.37 bits per heavy atom. The molecule has 2 aromatic heterocycles. The van der Waals surface area contributed by atoms with Crippen LogP contribution in [0.25, 0.3) is 16.8 Å². The normalized spacial score (nSPS) is 15.8. The molecule has 3 aromatic rings. The number of hydrogen-bond donors (Lipinski definition) is 1. The van der Waals surface area contributed by atoms with Gasteiger partial charge in [-0.3, -0.25) is 4.98 Å². The molecule has 3 heterocycles. The third-order valence-corrected chi connectivity index (χ3v) is 5.09. The zero-order valence-electron chi connectivity index (χ0n) is 14.7. The molecule has 0 aliphatic carbocycles. The van der Waals surface area contributed by atoms with Gasteiger partial charge in [0.25, 0.3) is 0 Å². The van der Waals surface area contributed by atoms with Gasteiger partial charge in [0.05, 0.1) is 11.3 Å². The summed E-state index contributed by atoms with van der Waals surface area (Å²) < 4.78 is 42.5. The maximum atomic E-state index is 13.6. The summed E-state index contributed by atoms with van der Waals surface area (Å²) in [6, 6.07) is 11.6. The molecule has 0 bridgehead atoms. The van der Waals surface area contributed by atoms with E-state index in [1.54, 1.807) is 29.1 Å². The molecular weight excluding hydrogens is 351 g/mol. The highest BCUT2D eigenvalue weighted by molar-refractivity contribution is 5.65. The number of alkyl halides is 3. The zero-order chi connectivity index (χ0) is 18.9. The van der Waals surface area contributed by atoms with Crippen LogP contribution in [0.1, 0.15) is 30.0 Å². The van der Waals surface area contributed by atoms with E-state index in [4.69, 9.17) is 0 Å². The van der Waals surface area contributed by atoms with Gasteiger partial charge >= 0.3 is 6.18 Å². The predicted octanol–water partition coefficient (Wildman–Crippen LogP) is 5.03. The Kier molecular flexibility index (Phi) is 4.74. The molecule has 140 valence electrons. The van der Waals surface area contributed by atoms with Crippen LogP contribution >= 0.6 is 0 Å². The Hall–Kier alpha value is -2.60. The number of para-hydroxylation sites is 1. The van der Waals surface area contributed by atoms with E-state index in [1.807, 2.05) is 24.4 Å². The average Bonchev–Trinajstić information content (AvgIpc) is 3.14. The first kappa shape index (κ1) is 17.8. The number of rotatable bonds is 3. The minimum absolute atomic E-state index is 0.179. The molecule has 4 rings (SSSR count). The average molecular weight is 371 g/mol. The van der Waals surface area contributed by atoms with Crippen molar-refractivity contribution in [1.29, 1.82) is 0 Å². The number of aromatic nitrogens is 2. The van der Waals surface area contributed by atoms with Gasteiger partial charge in [-0.05, 0) is 61.8 Å². The molecule has 1 saturated heterocycles. The fraction of sp³-hybridized carbons (Fsp3) is 0.286. The van der Waals surface area contributed by atoms with Crippen molar-refractivity contribution in [3.05, 3.63) is 72.3 Å². The predicted molar refractivity (Wildman–Crippen MR) is 98.8 cm³/mol. The zero-order valence-corrected chi connectivity index (χ0v) is 14.7. The van der Waals surface area contributed by atoms with Crippen LogP contribution in [0.5, 0.6) is 0 Å². The number of nitrogens with zero attached hydrogens (tertiary/aromatic N) is 2. The SMILES string of the molecule is FC(F)(F)c1ccccc1-n1cc(-c2ccncc2)cc1C1CCNCC1. The van der Waals surface area contributed by atoms with E-state index in [-0.39, 0.29) is 11.6 Å². The highest BCUT2D eigenvalue weighted by Gasteiger charge is 2.34. The number of piperidine rings is 1. The molecule has 6 heteroatoms. The highest BCUT2D eigenvalue weighted by Crippen LogP contribution is 2.38. The fourth-order valence-corrected chi connectivity index (χ4v) is 3.75. The van der Waals surface area contributed by atoms with Crippen LogP contribution in [0.15, 0.2) is 61.1 Å². The molecular formula is C21H20F3N3. The summed E-state index contributed by atoms with van der Waals surface area (Å²) in [4.78, 5) is 4.03. The first-order chi connectivity index (χ1) is 13.0. The van der Waals surface area contributed by atoms with Crippen molar-refractivity contribution in [3.8, 4) is 16.8 Å². The first-order valence-corrected chi connectivity index (χ1v) is 9.04. The lowest BCUT2D eigenvalue weighted by Crippen LogP contribution is -2.27. The van der Waals surface area contributed by atoms with Gasteiger partial charge in [-0.1, -0.05) is 12.1 Å². The Morgan fingerprint density at radius 2 is 1.67 bits per heavy atom. The summed E-state index contributed by atoms with van der Waals surface area (Å²) >= 11 is 0. The molecule has 1 fully saturated rings. The van der Waals surface area contributed by atoms with Gasteiger partial charge in [-0.25, -0.2) is 0 Å². The molecule has 3 nitrogen and oxygen atoms in total. The first-order valence-electron chi connectivity index (χ1n) is 9.04. The van der Waals surface area contributed by atoms with Crippen molar-refractivity contribution in [3.63, 3.8) is 0 Å². The molecule has 1 N–H and O–H groups in total. The topological polar surface area (TPSA) is 29.9 Å². The van der Waals surface area contributed by atoms with Gasteiger partial charge in [-0.15, -0.1) is 0 Å². The second kappa shape index (κ2) is 7.19. The molecule has 0 unspecified atom stereocenters. The molecule has 0 spiro atoms. The van der Waals surface area contributed by atoms with E-state index in [0.717, 1.165) is 48.8 Å². The Balaban J connectivity index is 1.88. The quantitative estimate of drug-likeness (QED) is 0.700. The Labute approximate surface area is 155 Å². The monoisotopic (exact) mass is 371 g/mol. The van der Waals surface area contributed by atoms with Crippen molar-refractivity contribution >= 4 is 0 Å². The standard InChI is InChI=1S/C21H20F3N3/c22-21(23,24)18-3-1-2-4-19(18)27-14-17(15-5-9-25-10-6-15)13-20(27)16-7-11-26-12-8-16/h1-6,9-10,13-14,16,26H,7-8,11-12H2. The van der Waals surface area contributed by atoms with Crippen molar-refractivity contribution in [2.24, 2.45) is 0 Å². The minimum atomic E-state index is -4.40. The number of pyridine rings is 1. The lowest BCUT2D eigenvalue weighted by atomic mass is 9.93. The second-order valence-electron chi connectivity index (χ2n) is 6.80. The Bertz CT molecular complexity index is 910. The van der Waals surface area contributed by atoms with E-state index < -0.39 is 11.7 Å². The van der Waals surface area contributed by atoms with Gasteiger partial charge in [0.1, 0.15) is 0 Å². The van der Waals surface area contributed by atoms with E-state index >= 15 is 0 Å². The van der Waals surface area contributed by atoms with Crippen LogP contribution in [0, 0.1) is 0 Å². The number of benzene rings is 1. The lowest BCUT2D eigenvalue weighted by molar-refractivity contribution is -0.137. The molecule has 27 heavy (non-hydrogen) atoms. The molecule has 1 aliphatic heterocycles. The van der Waals surface area contributed by atoms with Crippen molar-refractivity contribution < 1.29 is 13.2 Å². The van der Waals surface area contributed by atoms with Crippen LogP contribution < -0.4 is 5.32 Å². The van der Waals surface area contributed by atoms with Gasteiger partial charge in [0, 0.05) is 35.8 Å². The van der Waals surface area contributed by atoms with Crippen LogP contribution in [-0.4, -0.2) is 22.6 Å². The summed E-state index contributed by atoms with van der Waals surface area (Å²) in [6.07, 6.45) is 2.63.